The smallest absolute Gasteiger partial charge is 0.338 e. The van der Waals surface area contributed by atoms with Crippen LogP contribution >= 0.6 is 11.8 Å². The van der Waals surface area contributed by atoms with Gasteiger partial charge in [0.25, 0.3) is 0 Å². The second-order valence-electron chi connectivity index (χ2n) is 8.59. The zero-order chi connectivity index (χ0) is 23.5. The van der Waals surface area contributed by atoms with E-state index in [0.29, 0.717) is 17.8 Å². The third kappa shape index (κ3) is 5.01. The molecule has 8 heteroatoms. The molecule has 0 saturated carbocycles. The van der Waals surface area contributed by atoms with Crippen molar-refractivity contribution in [1.29, 1.82) is 0 Å². The third-order valence-corrected chi connectivity index (χ3v) is 7.00. The first-order valence-corrected chi connectivity index (χ1v) is 12.3. The first kappa shape index (κ1) is 23.6. The molecule has 1 amide bonds. The van der Waals surface area contributed by atoms with Crippen molar-refractivity contribution < 1.29 is 19.1 Å². The standard InChI is InChI=1S/C25H31N3O4S/c1-5-31-24(30)22-17(4)27-25-28(23(22)20-9-8-15(2)11-16(20)3)18(14-33-25)12-21(29)26-13-19-7-6-10-32-19/h8-9,11,14,19,23H,5-7,10,12-13H2,1-4H3,(H,26,29). The number of nitrogens with zero attached hydrogens (tertiary/aromatic N) is 2. The van der Waals surface area contributed by atoms with Gasteiger partial charge in [0.1, 0.15) is 0 Å². The number of amides is 1. The molecular formula is C25H31N3O4S. The number of thioether (sulfide) groups is 1. The summed E-state index contributed by atoms with van der Waals surface area (Å²) >= 11 is 1.48. The lowest BCUT2D eigenvalue weighted by atomic mass is 9.90. The number of amidine groups is 1. The van der Waals surface area contributed by atoms with Crippen molar-refractivity contribution in [2.75, 3.05) is 19.8 Å². The molecule has 176 valence electrons. The van der Waals surface area contributed by atoms with Crippen LogP contribution in [0.25, 0.3) is 0 Å². The molecule has 3 heterocycles. The Morgan fingerprint density at radius 1 is 1.30 bits per heavy atom. The Bertz CT molecular complexity index is 1040. The van der Waals surface area contributed by atoms with Crippen molar-refractivity contribution in [2.45, 2.75) is 59.1 Å². The maximum atomic E-state index is 13.0. The summed E-state index contributed by atoms with van der Waals surface area (Å²) in [7, 11) is 0. The number of allylic oxidation sites excluding steroid dienone is 1. The average Bonchev–Trinajstić information content (AvgIpc) is 3.42. The number of carbonyl (C=O) groups is 2. The second-order valence-corrected chi connectivity index (χ2v) is 9.43. The second kappa shape index (κ2) is 10.1. The SMILES string of the molecule is CCOC(=O)C1=C(C)N=C2SC=C(CC(=O)NCC3CCCO3)N2C1c1ccc(C)cc1C. The fourth-order valence-electron chi connectivity index (χ4n) is 4.53. The van der Waals surface area contributed by atoms with Crippen molar-refractivity contribution in [2.24, 2.45) is 4.99 Å². The number of fused-ring (bicyclic) bond motifs is 1. The molecule has 2 atom stereocenters. The summed E-state index contributed by atoms with van der Waals surface area (Å²) in [6, 6.07) is 5.82. The minimum absolute atomic E-state index is 0.0677. The van der Waals surface area contributed by atoms with Crippen molar-refractivity contribution in [3.63, 3.8) is 0 Å². The highest BCUT2D eigenvalue weighted by molar-refractivity contribution is 8.16. The van der Waals surface area contributed by atoms with Gasteiger partial charge >= 0.3 is 5.97 Å². The molecule has 33 heavy (non-hydrogen) atoms. The van der Waals surface area contributed by atoms with E-state index in [-0.39, 0.29) is 31.0 Å². The van der Waals surface area contributed by atoms with Gasteiger partial charge in [0.05, 0.1) is 36.4 Å². The number of carbonyl (C=O) groups excluding carboxylic acids is 2. The highest BCUT2D eigenvalue weighted by Gasteiger charge is 2.41. The largest absolute Gasteiger partial charge is 0.463 e. The van der Waals surface area contributed by atoms with Crippen LogP contribution in [0.3, 0.4) is 0 Å². The van der Waals surface area contributed by atoms with Gasteiger partial charge in [-0.25, -0.2) is 9.79 Å². The quantitative estimate of drug-likeness (QED) is 0.605. The van der Waals surface area contributed by atoms with E-state index in [1.165, 1.54) is 11.8 Å². The molecular weight excluding hydrogens is 438 g/mol. The molecule has 4 rings (SSSR count). The van der Waals surface area contributed by atoms with Crippen LogP contribution in [-0.2, 0) is 19.1 Å². The van der Waals surface area contributed by atoms with Gasteiger partial charge in [-0.15, -0.1) is 0 Å². The fourth-order valence-corrected chi connectivity index (χ4v) is 5.49. The predicted molar refractivity (Wildman–Crippen MR) is 130 cm³/mol. The molecule has 0 aliphatic carbocycles. The van der Waals surface area contributed by atoms with E-state index >= 15 is 0 Å². The first-order chi connectivity index (χ1) is 15.9. The molecule has 1 aromatic rings. The molecule has 3 aliphatic rings. The minimum Gasteiger partial charge on any atom is -0.463 e. The number of hydrogen-bond acceptors (Lipinski definition) is 7. The highest BCUT2D eigenvalue weighted by Crippen LogP contribution is 2.45. The number of hydrogen-bond donors (Lipinski definition) is 1. The van der Waals surface area contributed by atoms with Gasteiger partial charge in [-0.2, -0.15) is 0 Å². The number of benzene rings is 1. The zero-order valence-corrected chi connectivity index (χ0v) is 20.5. The fraction of sp³-hybridized carbons (Fsp3) is 0.480. The van der Waals surface area contributed by atoms with Gasteiger partial charge in [0.15, 0.2) is 5.17 Å². The summed E-state index contributed by atoms with van der Waals surface area (Å²) < 4.78 is 11.0. The van der Waals surface area contributed by atoms with Crippen molar-refractivity contribution in [3.05, 3.63) is 57.3 Å². The van der Waals surface area contributed by atoms with Crippen LogP contribution in [-0.4, -0.2) is 47.8 Å². The number of ether oxygens (including phenoxy) is 2. The number of aliphatic imine (C=N–C) groups is 1. The molecule has 7 nitrogen and oxygen atoms in total. The Balaban J connectivity index is 1.63. The maximum absolute atomic E-state index is 13.0. The van der Waals surface area contributed by atoms with Gasteiger partial charge < -0.3 is 19.7 Å². The number of nitrogens with one attached hydrogen (secondary N) is 1. The number of aryl methyl sites for hydroxylation is 2. The number of rotatable bonds is 7. The van der Waals surface area contributed by atoms with Crippen molar-refractivity contribution in [1.82, 2.24) is 10.2 Å². The average molecular weight is 470 g/mol. The van der Waals surface area contributed by atoms with Crippen LogP contribution < -0.4 is 5.32 Å². The van der Waals surface area contributed by atoms with E-state index in [1.54, 1.807) is 6.92 Å². The topological polar surface area (TPSA) is 80.2 Å². The van der Waals surface area contributed by atoms with Gasteiger partial charge in [0, 0.05) is 18.8 Å². The number of esters is 1. The normalized spacial score (nSPS) is 22.1. The van der Waals surface area contributed by atoms with E-state index < -0.39 is 6.04 Å². The Morgan fingerprint density at radius 2 is 2.12 bits per heavy atom. The van der Waals surface area contributed by atoms with E-state index in [2.05, 4.69) is 17.4 Å². The molecule has 0 bridgehead atoms. The van der Waals surface area contributed by atoms with E-state index in [9.17, 15) is 9.59 Å². The maximum Gasteiger partial charge on any atom is 0.338 e. The van der Waals surface area contributed by atoms with Crippen LogP contribution in [0.1, 0.15) is 55.8 Å². The molecule has 1 aromatic carbocycles. The lowest BCUT2D eigenvalue weighted by Gasteiger charge is -2.37. The predicted octanol–water partition coefficient (Wildman–Crippen LogP) is 4.13. The molecule has 0 radical (unpaired) electrons. The van der Waals surface area contributed by atoms with Crippen LogP contribution in [0, 0.1) is 13.8 Å². The monoisotopic (exact) mass is 469 g/mol. The van der Waals surface area contributed by atoms with Crippen LogP contribution in [0.5, 0.6) is 0 Å². The van der Waals surface area contributed by atoms with Crippen molar-refractivity contribution in [3.8, 4) is 0 Å². The van der Waals surface area contributed by atoms with Gasteiger partial charge in [0.2, 0.25) is 5.91 Å². The molecule has 2 unspecified atom stereocenters. The van der Waals surface area contributed by atoms with E-state index in [4.69, 9.17) is 14.5 Å². The summed E-state index contributed by atoms with van der Waals surface area (Å²) in [5.41, 5.74) is 5.22. The Hall–Kier alpha value is -2.58. The van der Waals surface area contributed by atoms with Crippen LogP contribution in [0.2, 0.25) is 0 Å². The molecule has 0 aromatic heterocycles. The summed E-state index contributed by atoms with van der Waals surface area (Å²) in [5, 5.41) is 5.73. The summed E-state index contributed by atoms with van der Waals surface area (Å²) in [6.07, 6.45) is 2.31. The molecule has 1 saturated heterocycles. The molecule has 1 N–H and O–H groups in total. The van der Waals surface area contributed by atoms with Gasteiger partial charge in [-0.3, -0.25) is 4.79 Å². The van der Waals surface area contributed by atoms with Crippen LogP contribution in [0.15, 0.2) is 45.6 Å². The lowest BCUT2D eigenvalue weighted by molar-refractivity contribution is -0.139. The molecule has 1 fully saturated rings. The van der Waals surface area contributed by atoms with Crippen molar-refractivity contribution >= 4 is 28.8 Å². The van der Waals surface area contributed by atoms with E-state index in [0.717, 1.165) is 47.0 Å². The first-order valence-electron chi connectivity index (χ1n) is 11.5. The minimum atomic E-state index is -0.399. The lowest BCUT2D eigenvalue weighted by Crippen LogP contribution is -2.39. The van der Waals surface area contributed by atoms with Gasteiger partial charge in [-0.1, -0.05) is 35.5 Å². The zero-order valence-electron chi connectivity index (χ0n) is 19.6. The van der Waals surface area contributed by atoms with E-state index in [1.807, 2.05) is 37.1 Å². The Morgan fingerprint density at radius 3 is 2.82 bits per heavy atom. The van der Waals surface area contributed by atoms with Crippen LogP contribution in [0.4, 0.5) is 0 Å². The third-order valence-electron chi connectivity index (χ3n) is 6.11. The molecule has 3 aliphatic heterocycles. The Labute approximate surface area is 199 Å². The highest BCUT2D eigenvalue weighted by atomic mass is 32.2. The molecule has 0 spiro atoms. The van der Waals surface area contributed by atoms with Gasteiger partial charge in [-0.05, 0) is 57.1 Å². The summed E-state index contributed by atoms with van der Waals surface area (Å²) in [6.45, 7) is 9.31. The summed E-state index contributed by atoms with van der Waals surface area (Å²) in [5.74, 6) is -0.441. The Kier molecular flexibility index (Phi) is 7.24. The summed E-state index contributed by atoms with van der Waals surface area (Å²) in [4.78, 5) is 32.5.